The van der Waals surface area contributed by atoms with Crippen molar-refractivity contribution < 1.29 is 15.0 Å². The van der Waals surface area contributed by atoms with E-state index in [9.17, 15) is 9.90 Å². The molecular formula is C23H39NO3. The van der Waals surface area contributed by atoms with Crippen molar-refractivity contribution in [2.24, 2.45) is 28.6 Å². The Morgan fingerprint density at radius 2 is 1.78 bits per heavy atom. The van der Waals surface area contributed by atoms with Gasteiger partial charge in [0.1, 0.15) is 0 Å². The summed E-state index contributed by atoms with van der Waals surface area (Å²) in [6, 6.07) is 0.411. The summed E-state index contributed by atoms with van der Waals surface area (Å²) in [6.07, 6.45) is 11.1. The largest absolute Gasteiger partial charge is 0.396 e. The number of nitrogens with zero attached hydrogens (tertiary/aromatic N) is 1. The number of aliphatic hydroxyl groups excluding tert-OH is 1. The number of piperidine rings is 1. The summed E-state index contributed by atoms with van der Waals surface area (Å²) < 4.78 is 0. The molecule has 0 unspecified atom stereocenters. The van der Waals surface area contributed by atoms with E-state index in [1.807, 2.05) is 7.05 Å². The van der Waals surface area contributed by atoms with Crippen molar-refractivity contribution >= 4 is 5.91 Å². The molecule has 0 bridgehead atoms. The third-order valence-corrected chi connectivity index (χ3v) is 9.88. The molecule has 4 fully saturated rings. The molecule has 3 saturated carbocycles. The first-order valence-electron chi connectivity index (χ1n) is 11.4. The van der Waals surface area contributed by atoms with Gasteiger partial charge in [-0.15, -0.1) is 0 Å². The van der Waals surface area contributed by atoms with Gasteiger partial charge in [-0.1, -0.05) is 13.8 Å². The standard InChI is InChI=1S/C23H39NO3/c1-21-12-10-20(26)24(3)19(21)7-6-16-17(21)8-13-22(2)18(16)9-14-23(22,27)11-4-5-15-25/h16-19,25,27H,4-15H2,1-3H3/t16-,17+,18+,19-,21-,22+,23+/m1/s1. The number of hydrogen-bond donors (Lipinski definition) is 2. The van der Waals surface area contributed by atoms with Crippen LogP contribution in [0.15, 0.2) is 0 Å². The van der Waals surface area contributed by atoms with Crippen molar-refractivity contribution in [1.29, 1.82) is 0 Å². The predicted octanol–water partition coefficient (Wildman–Crippen LogP) is 3.74. The topological polar surface area (TPSA) is 60.8 Å². The van der Waals surface area contributed by atoms with Crippen molar-refractivity contribution in [3.05, 3.63) is 0 Å². The van der Waals surface area contributed by atoms with Gasteiger partial charge in [0.15, 0.2) is 0 Å². The molecule has 154 valence electrons. The fraction of sp³-hybridized carbons (Fsp3) is 0.957. The maximum absolute atomic E-state index is 12.3. The SMILES string of the molecule is CN1C(=O)CC[C@]2(C)[C@H]3CC[C@@]4(C)[C@@H](CC[C@@]4(O)CCCCO)[C@@H]3CC[C@@H]12. The number of likely N-dealkylation sites (tertiary alicyclic amines) is 1. The molecule has 0 radical (unpaired) electrons. The van der Waals surface area contributed by atoms with Crippen LogP contribution in [-0.4, -0.2) is 46.3 Å². The molecule has 4 rings (SSSR count). The minimum Gasteiger partial charge on any atom is -0.396 e. The average Bonchev–Trinajstić information content (AvgIpc) is 2.90. The molecule has 0 spiro atoms. The maximum atomic E-state index is 12.3. The lowest BCUT2D eigenvalue weighted by atomic mass is 9.46. The van der Waals surface area contributed by atoms with Gasteiger partial charge in [0, 0.05) is 26.1 Å². The highest BCUT2D eigenvalue weighted by Gasteiger charge is 2.64. The zero-order valence-corrected chi connectivity index (χ0v) is 17.5. The maximum Gasteiger partial charge on any atom is 0.222 e. The molecule has 4 nitrogen and oxygen atoms in total. The van der Waals surface area contributed by atoms with E-state index >= 15 is 0 Å². The molecule has 1 amide bonds. The lowest BCUT2D eigenvalue weighted by Crippen LogP contribution is -2.62. The van der Waals surface area contributed by atoms with Gasteiger partial charge in [0.25, 0.3) is 0 Å². The number of amides is 1. The summed E-state index contributed by atoms with van der Waals surface area (Å²) in [6.45, 7) is 5.06. The number of rotatable bonds is 4. The normalized spacial score (nSPS) is 49.5. The number of hydrogen-bond acceptors (Lipinski definition) is 3. The van der Waals surface area contributed by atoms with Gasteiger partial charge < -0.3 is 15.1 Å². The van der Waals surface area contributed by atoms with E-state index in [0.29, 0.717) is 36.1 Å². The first-order chi connectivity index (χ1) is 12.8. The summed E-state index contributed by atoms with van der Waals surface area (Å²) in [5.41, 5.74) is -0.261. The van der Waals surface area contributed by atoms with E-state index in [0.717, 1.165) is 51.4 Å². The zero-order chi connectivity index (χ0) is 19.4. The Labute approximate surface area is 164 Å². The summed E-state index contributed by atoms with van der Waals surface area (Å²) in [5.74, 6) is 2.36. The van der Waals surface area contributed by atoms with Gasteiger partial charge in [0.05, 0.1) is 5.60 Å². The van der Waals surface area contributed by atoms with E-state index in [2.05, 4.69) is 18.7 Å². The van der Waals surface area contributed by atoms with Crippen LogP contribution in [0.5, 0.6) is 0 Å². The Balaban J connectivity index is 1.57. The fourth-order valence-electron chi connectivity index (χ4n) is 8.20. The molecule has 0 aromatic rings. The molecule has 1 aliphatic heterocycles. The Kier molecular flexibility index (Phi) is 4.91. The molecule has 27 heavy (non-hydrogen) atoms. The van der Waals surface area contributed by atoms with Gasteiger partial charge in [-0.05, 0) is 92.8 Å². The van der Waals surface area contributed by atoms with Gasteiger partial charge in [-0.2, -0.15) is 0 Å². The van der Waals surface area contributed by atoms with Gasteiger partial charge >= 0.3 is 0 Å². The average molecular weight is 378 g/mol. The number of carbonyl (C=O) groups is 1. The minimum absolute atomic E-state index is 0.0310. The Morgan fingerprint density at radius 1 is 1.04 bits per heavy atom. The molecule has 1 heterocycles. The molecule has 4 heteroatoms. The lowest BCUT2D eigenvalue weighted by molar-refractivity contribution is -0.169. The van der Waals surface area contributed by atoms with Crippen molar-refractivity contribution in [2.75, 3.05) is 13.7 Å². The minimum atomic E-state index is -0.547. The van der Waals surface area contributed by atoms with Crippen LogP contribution in [0.25, 0.3) is 0 Å². The molecule has 4 aliphatic rings. The second-order valence-electron chi connectivity index (χ2n) is 10.7. The highest BCUT2D eigenvalue weighted by Crippen LogP contribution is 2.67. The second kappa shape index (κ2) is 6.73. The summed E-state index contributed by atoms with van der Waals surface area (Å²) in [5, 5.41) is 20.7. The van der Waals surface area contributed by atoms with E-state index in [4.69, 9.17) is 5.11 Å². The fourth-order valence-corrected chi connectivity index (χ4v) is 8.20. The number of aliphatic hydroxyl groups is 2. The van der Waals surface area contributed by atoms with Gasteiger partial charge in [-0.3, -0.25) is 4.79 Å². The Bertz CT molecular complexity index is 594. The molecule has 0 aromatic heterocycles. The van der Waals surface area contributed by atoms with Crippen LogP contribution in [0.4, 0.5) is 0 Å². The lowest BCUT2D eigenvalue weighted by Gasteiger charge is -2.62. The van der Waals surface area contributed by atoms with E-state index in [1.54, 1.807) is 0 Å². The van der Waals surface area contributed by atoms with Crippen molar-refractivity contribution in [3.63, 3.8) is 0 Å². The number of carbonyl (C=O) groups excluding carboxylic acids is 1. The van der Waals surface area contributed by atoms with Crippen LogP contribution in [0.3, 0.4) is 0 Å². The highest BCUT2D eigenvalue weighted by atomic mass is 16.3. The molecule has 1 saturated heterocycles. The zero-order valence-electron chi connectivity index (χ0n) is 17.5. The van der Waals surface area contributed by atoms with Crippen LogP contribution < -0.4 is 0 Å². The third-order valence-electron chi connectivity index (χ3n) is 9.88. The number of fused-ring (bicyclic) bond motifs is 5. The third kappa shape index (κ3) is 2.73. The molecule has 7 atom stereocenters. The quantitative estimate of drug-likeness (QED) is 0.734. The predicted molar refractivity (Wildman–Crippen MR) is 106 cm³/mol. The molecular weight excluding hydrogens is 338 g/mol. The van der Waals surface area contributed by atoms with Crippen LogP contribution in [-0.2, 0) is 4.79 Å². The molecule has 0 aromatic carbocycles. The summed E-state index contributed by atoms with van der Waals surface area (Å²) in [4.78, 5) is 14.3. The van der Waals surface area contributed by atoms with E-state index in [-0.39, 0.29) is 17.4 Å². The van der Waals surface area contributed by atoms with Gasteiger partial charge in [0.2, 0.25) is 5.91 Å². The van der Waals surface area contributed by atoms with Crippen molar-refractivity contribution in [3.8, 4) is 0 Å². The molecule has 3 aliphatic carbocycles. The highest BCUT2D eigenvalue weighted by molar-refractivity contribution is 5.77. The Hall–Kier alpha value is -0.610. The molecule has 2 N–H and O–H groups in total. The van der Waals surface area contributed by atoms with Crippen LogP contribution >= 0.6 is 0 Å². The Morgan fingerprint density at radius 3 is 2.52 bits per heavy atom. The summed E-state index contributed by atoms with van der Waals surface area (Å²) >= 11 is 0. The van der Waals surface area contributed by atoms with Crippen LogP contribution in [0.2, 0.25) is 0 Å². The van der Waals surface area contributed by atoms with Crippen molar-refractivity contribution in [1.82, 2.24) is 4.90 Å². The summed E-state index contributed by atoms with van der Waals surface area (Å²) in [7, 11) is 2.02. The second-order valence-corrected chi connectivity index (χ2v) is 10.7. The van der Waals surface area contributed by atoms with Crippen LogP contribution in [0, 0.1) is 28.6 Å². The van der Waals surface area contributed by atoms with E-state index < -0.39 is 5.60 Å². The van der Waals surface area contributed by atoms with E-state index in [1.165, 1.54) is 12.8 Å². The first-order valence-corrected chi connectivity index (χ1v) is 11.4. The smallest absolute Gasteiger partial charge is 0.222 e. The van der Waals surface area contributed by atoms with Gasteiger partial charge in [-0.25, -0.2) is 0 Å². The van der Waals surface area contributed by atoms with Crippen LogP contribution in [0.1, 0.15) is 84.5 Å². The number of unbranched alkanes of at least 4 members (excludes halogenated alkanes) is 1. The van der Waals surface area contributed by atoms with Crippen molar-refractivity contribution in [2.45, 2.75) is 96.1 Å². The first kappa shape index (κ1) is 19.7. The monoisotopic (exact) mass is 377 g/mol.